The third kappa shape index (κ3) is 5.51. The van der Waals surface area contributed by atoms with E-state index in [0.29, 0.717) is 25.4 Å². The van der Waals surface area contributed by atoms with Gasteiger partial charge in [-0.1, -0.05) is 0 Å². The Balaban J connectivity index is 1.59. The van der Waals surface area contributed by atoms with Crippen molar-refractivity contribution in [1.82, 2.24) is 15.1 Å². The molecular weight excluding hydrogens is 274 g/mol. The van der Waals surface area contributed by atoms with Gasteiger partial charge < -0.3 is 20.1 Å². The van der Waals surface area contributed by atoms with Gasteiger partial charge in [-0.25, -0.2) is 4.79 Å². The second kappa shape index (κ2) is 8.19. The normalized spacial score (nSPS) is 23.2. The largest absolute Gasteiger partial charge is 0.481 e. The summed E-state index contributed by atoms with van der Waals surface area (Å²) in [5.74, 6) is -0.436. The maximum atomic E-state index is 12.0. The fourth-order valence-electron chi connectivity index (χ4n) is 2.84. The number of nitrogens with zero attached hydrogens (tertiary/aromatic N) is 2. The fourth-order valence-corrected chi connectivity index (χ4v) is 2.84. The molecule has 0 aliphatic carbocycles. The fraction of sp³-hybridized carbons (Fsp3) is 0.857. The number of aliphatic carboxylic acids is 1. The summed E-state index contributed by atoms with van der Waals surface area (Å²) in [5.41, 5.74) is 0. The molecule has 0 spiro atoms. The molecule has 1 unspecified atom stereocenters. The topological polar surface area (TPSA) is 82.1 Å². The van der Waals surface area contributed by atoms with Crippen molar-refractivity contribution in [2.24, 2.45) is 5.92 Å². The molecule has 2 rings (SSSR count). The molecule has 0 aromatic rings. The Bertz CT molecular complexity index is 358. The third-order valence-corrected chi connectivity index (χ3v) is 4.15. The standard InChI is InChI=1S/C14H25N3O4/c18-13(19)2-1-12-3-5-17(11-12)14(20)15-4-6-16-7-9-21-10-8-16/h12H,1-11H2,(H,15,20)(H,18,19). The summed E-state index contributed by atoms with van der Waals surface area (Å²) >= 11 is 0. The third-order valence-electron chi connectivity index (χ3n) is 4.15. The molecule has 120 valence electrons. The van der Waals surface area contributed by atoms with Crippen LogP contribution in [0.25, 0.3) is 0 Å². The molecule has 2 heterocycles. The Morgan fingerprint density at radius 3 is 2.71 bits per heavy atom. The zero-order chi connectivity index (χ0) is 15.1. The van der Waals surface area contributed by atoms with Crippen molar-refractivity contribution in [3.05, 3.63) is 0 Å². The summed E-state index contributed by atoms with van der Waals surface area (Å²) in [7, 11) is 0. The van der Waals surface area contributed by atoms with Crippen LogP contribution in [0.15, 0.2) is 0 Å². The molecule has 2 N–H and O–H groups in total. The minimum atomic E-state index is -0.761. The van der Waals surface area contributed by atoms with Gasteiger partial charge in [-0.3, -0.25) is 9.69 Å². The zero-order valence-corrected chi connectivity index (χ0v) is 12.4. The van der Waals surface area contributed by atoms with Crippen LogP contribution in [0, 0.1) is 5.92 Å². The Morgan fingerprint density at radius 2 is 2.00 bits per heavy atom. The quantitative estimate of drug-likeness (QED) is 0.733. The first kappa shape index (κ1) is 16.0. The van der Waals surface area contributed by atoms with Crippen molar-refractivity contribution >= 4 is 12.0 Å². The summed E-state index contributed by atoms with van der Waals surface area (Å²) in [5, 5.41) is 11.6. The first-order chi connectivity index (χ1) is 10.1. The van der Waals surface area contributed by atoms with Crippen LogP contribution in [0.1, 0.15) is 19.3 Å². The smallest absolute Gasteiger partial charge is 0.317 e. The first-order valence-electron chi connectivity index (χ1n) is 7.70. The van der Waals surface area contributed by atoms with E-state index >= 15 is 0 Å². The van der Waals surface area contributed by atoms with E-state index in [1.54, 1.807) is 4.90 Å². The molecule has 0 saturated carbocycles. The van der Waals surface area contributed by atoms with E-state index in [4.69, 9.17) is 9.84 Å². The van der Waals surface area contributed by atoms with Crippen LogP contribution < -0.4 is 5.32 Å². The average molecular weight is 299 g/mol. The molecular formula is C14H25N3O4. The minimum Gasteiger partial charge on any atom is -0.481 e. The molecule has 2 saturated heterocycles. The molecule has 7 nitrogen and oxygen atoms in total. The minimum absolute atomic E-state index is 0.0268. The number of urea groups is 1. The summed E-state index contributed by atoms with van der Waals surface area (Å²) in [6.45, 7) is 6.30. The lowest BCUT2D eigenvalue weighted by Crippen LogP contribution is -2.44. The number of hydrogen-bond donors (Lipinski definition) is 2. The van der Waals surface area contributed by atoms with E-state index in [9.17, 15) is 9.59 Å². The van der Waals surface area contributed by atoms with Gasteiger partial charge in [-0.2, -0.15) is 0 Å². The lowest BCUT2D eigenvalue weighted by atomic mass is 10.0. The van der Waals surface area contributed by atoms with Gasteiger partial charge >= 0.3 is 12.0 Å². The van der Waals surface area contributed by atoms with Crippen molar-refractivity contribution in [1.29, 1.82) is 0 Å². The van der Waals surface area contributed by atoms with E-state index in [0.717, 1.165) is 45.8 Å². The monoisotopic (exact) mass is 299 g/mol. The van der Waals surface area contributed by atoms with Gasteiger partial charge in [0, 0.05) is 45.7 Å². The van der Waals surface area contributed by atoms with Crippen LogP contribution in [-0.2, 0) is 9.53 Å². The second-order valence-corrected chi connectivity index (χ2v) is 5.72. The lowest BCUT2D eigenvalue weighted by molar-refractivity contribution is -0.137. The molecule has 21 heavy (non-hydrogen) atoms. The molecule has 1 atom stereocenters. The van der Waals surface area contributed by atoms with E-state index in [1.807, 2.05) is 0 Å². The van der Waals surface area contributed by atoms with Gasteiger partial charge in [-0.15, -0.1) is 0 Å². The van der Waals surface area contributed by atoms with Crippen LogP contribution in [0.5, 0.6) is 0 Å². The van der Waals surface area contributed by atoms with Crippen molar-refractivity contribution in [2.75, 3.05) is 52.5 Å². The molecule has 0 aromatic heterocycles. The number of likely N-dealkylation sites (tertiary alicyclic amines) is 1. The van der Waals surface area contributed by atoms with Crippen LogP contribution in [0.3, 0.4) is 0 Å². The number of carboxylic acids is 1. The van der Waals surface area contributed by atoms with E-state index in [1.165, 1.54) is 0 Å². The molecule has 7 heteroatoms. The van der Waals surface area contributed by atoms with Crippen LogP contribution >= 0.6 is 0 Å². The number of rotatable bonds is 6. The number of carboxylic acid groups (broad SMARTS) is 1. The lowest BCUT2D eigenvalue weighted by Gasteiger charge is -2.27. The van der Waals surface area contributed by atoms with E-state index in [-0.39, 0.29) is 12.5 Å². The predicted molar refractivity (Wildman–Crippen MR) is 77.2 cm³/mol. The number of carbonyl (C=O) groups excluding carboxylic acids is 1. The van der Waals surface area contributed by atoms with Gasteiger partial charge in [0.05, 0.1) is 13.2 Å². The van der Waals surface area contributed by atoms with Crippen molar-refractivity contribution in [3.63, 3.8) is 0 Å². The summed E-state index contributed by atoms with van der Waals surface area (Å²) < 4.78 is 5.28. The SMILES string of the molecule is O=C(O)CCC1CCN(C(=O)NCCN2CCOCC2)C1. The highest BCUT2D eigenvalue weighted by molar-refractivity contribution is 5.74. The van der Waals surface area contributed by atoms with Crippen LogP contribution in [-0.4, -0.2) is 79.4 Å². The number of nitrogens with one attached hydrogen (secondary N) is 1. The molecule has 0 bridgehead atoms. The van der Waals surface area contributed by atoms with Crippen molar-refractivity contribution < 1.29 is 19.4 Å². The van der Waals surface area contributed by atoms with Gasteiger partial charge in [0.15, 0.2) is 0 Å². The highest BCUT2D eigenvalue weighted by atomic mass is 16.5. The molecule has 2 fully saturated rings. The highest BCUT2D eigenvalue weighted by Gasteiger charge is 2.26. The number of morpholine rings is 1. The Morgan fingerprint density at radius 1 is 1.24 bits per heavy atom. The van der Waals surface area contributed by atoms with Gasteiger partial charge in [0.1, 0.15) is 0 Å². The Hall–Kier alpha value is -1.34. The Labute approximate surface area is 125 Å². The molecule has 2 aliphatic rings. The predicted octanol–water partition coefficient (Wildman–Crippen LogP) is 0.215. The van der Waals surface area contributed by atoms with E-state index < -0.39 is 5.97 Å². The zero-order valence-electron chi connectivity index (χ0n) is 12.4. The Kier molecular flexibility index (Phi) is 6.25. The number of amides is 2. The van der Waals surface area contributed by atoms with Crippen LogP contribution in [0.4, 0.5) is 4.79 Å². The number of hydrogen-bond acceptors (Lipinski definition) is 4. The summed E-state index contributed by atoms with van der Waals surface area (Å²) in [4.78, 5) is 26.7. The van der Waals surface area contributed by atoms with Crippen LogP contribution in [0.2, 0.25) is 0 Å². The molecule has 2 amide bonds. The number of ether oxygens (including phenoxy) is 1. The summed E-state index contributed by atoms with van der Waals surface area (Å²) in [6, 6.07) is -0.0268. The molecule has 0 radical (unpaired) electrons. The summed E-state index contributed by atoms with van der Waals surface area (Å²) in [6.07, 6.45) is 1.76. The van der Waals surface area contributed by atoms with E-state index in [2.05, 4.69) is 10.2 Å². The highest BCUT2D eigenvalue weighted by Crippen LogP contribution is 2.20. The van der Waals surface area contributed by atoms with Gasteiger partial charge in [-0.05, 0) is 18.8 Å². The molecule has 2 aliphatic heterocycles. The van der Waals surface area contributed by atoms with Gasteiger partial charge in [0.2, 0.25) is 0 Å². The first-order valence-corrected chi connectivity index (χ1v) is 7.70. The van der Waals surface area contributed by atoms with Gasteiger partial charge in [0.25, 0.3) is 0 Å². The average Bonchev–Trinajstić information content (AvgIpc) is 2.95. The molecule has 0 aromatic carbocycles. The maximum absolute atomic E-state index is 12.0. The number of carbonyl (C=O) groups is 2. The van der Waals surface area contributed by atoms with Crippen molar-refractivity contribution in [3.8, 4) is 0 Å². The van der Waals surface area contributed by atoms with Crippen molar-refractivity contribution in [2.45, 2.75) is 19.3 Å². The maximum Gasteiger partial charge on any atom is 0.317 e. The second-order valence-electron chi connectivity index (χ2n) is 5.72.